The number of benzene rings is 1. The predicted octanol–water partition coefficient (Wildman–Crippen LogP) is 2.11. The molecule has 1 aliphatic heterocycles. The third-order valence-corrected chi connectivity index (χ3v) is 4.16. The summed E-state index contributed by atoms with van der Waals surface area (Å²) in [5.41, 5.74) is -0.973. The van der Waals surface area contributed by atoms with Crippen LogP contribution < -0.4 is 10.6 Å². The highest BCUT2D eigenvalue weighted by Crippen LogP contribution is 2.32. The fourth-order valence-electron chi connectivity index (χ4n) is 2.78. The highest BCUT2D eigenvalue weighted by atomic mass is 19.4. The van der Waals surface area contributed by atoms with E-state index in [9.17, 15) is 38.2 Å². The van der Waals surface area contributed by atoms with Gasteiger partial charge in [0.05, 0.1) is 28.1 Å². The van der Waals surface area contributed by atoms with Crippen molar-refractivity contribution in [3.8, 4) is 0 Å². The fraction of sp³-hybridized carbons (Fsp3) is 0.533. The van der Waals surface area contributed by atoms with Gasteiger partial charge in [-0.2, -0.15) is 13.2 Å². The second-order valence-corrected chi connectivity index (χ2v) is 6.11. The van der Waals surface area contributed by atoms with Crippen LogP contribution in [0.2, 0.25) is 0 Å². The normalized spacial score (nSPS) is 22.0. The molecule has 0 saturated carbocycles. The highest BCUT2D eigenvalue weighted by Gasteiger charge is 2.39. The number of nitro groups is 2. The lowest BCUT2D eigenvalue weighted by Gasteiger charge is -2.36. The van der Waals surface area contributed by atoms with Gasteiger partial charge in [-0.25, -0.2) is 0 Å². The van der Waals surface area contributed by atoms with Crippen molar-refractivity contribution in [3.05, 3.63) is 38.4 Å². The van der Waals surface area contributed by atoms with Gasteiger partial charge in [0, 0.05) is 19.7 Å². The number of carbonyl (C=O) groups excluding carboxylic acids is 1. The largest absolute Gasteiger partial charge is 0.471 e. The van der Waals surface area contributed by atoms with Crippen molar-refractivity contribution in [3.63, 3.8) is 0 Å². The molecule has 0 radical (unpaired) electrons. The van der Waals surface area contributed by atoms with E-state index in [1.54, 1.807) is 5.32 Å². The van der Waals surface area contributed by atoms with Crippen molar-refractivity contribution in [1.82, 2.24) is 5.32 Å². The van der Waals surface area contributed by atoms with E-state index in [4.69, 9.17) is 9.47 Å². The van der Waals surface area contributed by atoms with Crippen LogP contribution in [0.5, 0.6) is 0 Å². The number of carbonyl (C=O) groups is 1. The van der Waals surface area contributed by atoms with Gasteiger partial charge in [0.25, 0.3) is 11.4 Å². The Morgan fingerprint density at radius 3 is 2.52 bits per heavy atom. The van der Waals surface area contributed by atoms with Crippen molar-refractivity contribution in [2.45, 2.75) is 37.5 Å². The first-order chi connectivity index (χ1) is 13.5. The Balaban J connectivity index is 2.05. The van der Waals surface area contributed by atoms with Crippen LogP contribution in [0.4, 0.5) is 30.2 Å². The Bertz CT molecular complexity index is 790. The first-order valence-electron chi connectivity index (χ1n) is 8.25. The SMILES string of the molecule is CO[C@H]1O[C@H](CNC(=O)C(F)(F)F)CC[C@H]1Nc1ccc([N+](=O)[O-])cc1[N+](=O)[O-]. The maximum atomic E-state index is 12.2. The summed E-state index contributed by atoms with van der Waals surface area (Å²) < 4.78 is 47.4. The summed E-state index contributed by atoms with van der Waals surface area (Å²) in [6.07, 6.45) is -6.22. The fourth-order valence-corrected chi connectivity index (χ4v) is 2.78. The molecule has 2 rings (SSSR count). The molecule has 1 aromatic rings. The van der Waals surface area contributed by atoms with E-state index in [0.29, 0.717) is 6.42 Å². The molecule has 1 aliphatic rings. The lowest BCUT2D eigenvalue weighted by Crippen LogP contribution is -2.49. The van der Waals surface area contributed by atoms with Gasteiger partial charge in [-0.1, -0.05) is 0 Å². The van der Waals surface area contributed by atoms with E-state index in [1.165, 1.54) is 13.2 Å². The number of rotatable bonds is 7. The highest BCUT2D eigenvalue weighted by molar-refractivity contribution is 5.81. The molecule has 14 heteroatoms. The number of alkyl halides is 3. The summed E-state index contributed by atoms with van der Waals surface area (Å²) in [5.74, 6) is -2.09. The summed E-state index contributed by atoms with van der Waals surface area (Å²) in [5, 5.41) is 26.6. The monoisotopic (exact) mass is 422 g/mol. The summed E-state index contributed by atoms with van der Waals surface area (Å²) in [6.45, 7) is -0.386. The molecule has 0 unspecified atom stereocenters. The molecule has 11 nitrogen and oxygen atoms in total. The van der Waals surface area contributed by atoms with Gasteiger partial charge in [-0.3, -0.25) is 25.0 Å². The Morgan fingerprint density at radius 2 is 1.97 bits per heavy atom. The van der Waals surface area contributed by atoms with Crippen molar-refractivity contribution in [1.29, 1.82) is 0 Å². The van der Waals surface area contributed by atoms with Crippen LogP contribution in [0.25, 0.3) is 0 Å². The topological polar surface area (TPSA) is 146 Å². The van der Waals surface area contributed by atoms with Crippen LogP contribution in [0, 0.1) is 20.2 Å². The molecule has 1 aromatic carbocycles. The molecule has 1 fully saturated rings. The third-order valence-electron chi connectivity index (χ3n) is 4.16. The van der Waals surface area contributed by atoms with Crippen molar-refractivity contribution < 1.29 is 37.3 Å². The van der Waals surface area contributed by atoms with Crippen LogP contribution in [0.15, 0.2) is 18.2 Å². The number of amides is 1. The van der Waals surface area contributed by atoms with E-state index >= 15 is 0 Å². The smallest absolute Gasteiger partial charge is 0.372 e. The number of methoxy groups -OCH3 is 1. The molecule has 3 atom stereocenters. The number of halogens is 3. The number of anilines is 1. The van der Waals surface area contributed by atoms with E-state index in [-0.39, 0.29) is 18.7 Å². The van der Waals surface area contributed by atoms with Crippen LogP contribution in [-0.2, 0) is 14.3 Å². The number of nitrogens with zero attached hydrogens (tertiary/aromatic N) is 2. The van der Waals surface area contributed by atoms with Gasteiger partial charge in [0.15, 0.2) is 6.29 Å². The van der Waals surface area contributed by atoms with Crippen molar-refractivity contribution in [2.75, 3.05) is 19.0 Å². The Hall–Kier alpha value is -3.00. The number of hydrogen-bond donors (Lipinski definition) is 2. The standard InChI is InChI=1S/C15H17F3N4O7/c1-28-13-11(5-3-9(29-13)7-19-14(23)15(16,17)18)20-10-4-2-8(21(24)25)6-12(10)22(26)27/h2,4,6,9,11,13,20H,3,5,7H2,1H3,(H,19,23)/t9-,11+,13-/m0/s1. The molecule has 0 aromatic heterocycles. The average molecular weight is 422 g/mol. The Kier molecular flexibility index (Phi) is 6.92. The van der Waals surface area contributed by atoms with Gasteiger partial charge in [-0.05, 0) is 18.9 Å². The molecule has 160 valence electrons. The van der Waals surface area contributed by atoms with Crippen molar-refractivity contribution in [2.24, 2.45) is 0 Å². The van der Waals surface area contributed by atoms with Crippen LogP contribution in [-0.4, -0.2) is 54.0 Å². The minimum Gasteiger partial charge on any atom is -0.372 e. The molecule has 1 amide bonds. The lowest BCUT2D eigenvalue weighted by atomic mass is 10.0. The quantitative estimate of drug-likeness (QED) is 0.502. The molecule has 0 aliphatic carbocycles. The van der Waals surface area contributed by atoms with Gasteiger partial charge in [0.2, 0.25) is 0 Å². The Morgan fingerprint density at radius 1 is 1.28 bits per heavy atom. The third kappa shape index (κ3) is 5.74. The van der Waals surface area contributed by atoms with Crippen LogP contribution in [0.1, 0.15) is 12.8 Å². The summed E-state index contributed by atoms with van der Waals surface area (Å²) in [4.78, 5) is 31.4. The zero-order valence-corrected chi connectivity index (χ0v) is 15.0. The summed E-state index contributed by atoms with van der Waals surface area (Å²) in [6, 6.07) is 2.47. The second kappa shape index (κ2) is 9.00. The Labute approximate surface area is 161 Å². The predicted molar refractivity (Wildman–Crippen MR) is 91.1 cm³/mol. The average Bonchev–Trinajstić information content (AvgIpc) is 2.65. The number of non-ortho nitro benzene ring substituents is 1. The van der Waals surface area contributed by atoms with Crippen LogP contribution >= 0.6 is 0 Å². The lowest BCUT2D eigenvalue weighted by molar-refractivity contribution is -0.393. The maximum absolute atomic E-state index is 12.2. The zero-order valence-electron chi connectivity index (χ0n) is 15.0. The zero-order chi connectivity index (χ0) is 21.8. The van der Waals surface area contributed by atoms with Gasteiger partial charge in [-0.15, -0.1) is 0 Å². The first-order valence-corrected chi connectivity index (χ1v) is 8.25. The first kappa shape index (κ1) is 22.3. The molecule has 0 spiro atoms. The maximum Gasteiger partial charge on any atom is 0.471 e. The van der Waals surface area contributed by atoms with Gasteiger partial charge < -0.3 is 20.1 Å². The minimum atomic E-state index is -5.01. The number of hydrogen-bond acceptors (Lipinski definition) is 8. The summed E-state index contributed by atoms with van der Waals surface area (Å²) in [7, 11) is 1.28. The molecule has 2 N–H and O–H groups in total. The molecular weight excluding hydrogens is 405 g/mol. The molecular formula is C15H17F3N4O7. The number of nitrogens with one attached hydrogen (secondary N) is 2. The van der Waals surface area contributed by atoms with Gasteiger partial charge in [0.1, 0.15) is 5.69 Å². The molecule has 29 heavy (non-hydrogen) atoms. The van der Waals surface area contributed by atoms with E-state index < -0.39 is 51.7 Å². The van der Waals surface area contributed by atoms with Crippen molar-refractivity contribution >= 4 is 23.0 Å². The van der Waals surface area contributed by atoms with Gasteiger partial charge >= 0.3 is 12.1 Å². The van der Waals surface area contributed by atoms with E-state index in [0.717, 1.165) is 12.1 Å². The summed E-state index contributed by atoms with van der Waals surface area (Å²) >= 11 is 0. The number of ether oxygens (including phenoxy) is 2. The second-order valence-electron chi connectivity index (χ2n) is 6.11. The van der Waals surface area contributed by atoms with Crippen LogP contribution in [0.3, 0.4) is 0 Å². The molecule has 1 heterocycles. The molecule has 1 saturated heterocycles. The minimum absolute atomic E-state index is 0.0000687. The van der Waals surface area contributed by atoms with E-state index in [2.05, 4.69) is 5.32 Å². The van der Waals surface area contributed by atoms with E-state index in [1.807, 2.05) is 0 Å². The number of nitro benzene ring substituents is 2. The molecule has 0 bridgehead atoms.